The molecule has 6 heteroatoms. The summed E-state index contributed by atoms with van der Waals surface area (Å²) in [4.78, 5) is 20.0. The first-order chi connectivity index (χ1) is 9.65. The smallest absolute Gasteiger partial charge is 0.245 e. The van der Waals surface area contributed by atoms with Crippen molar-refractivity contribution in [2.75, 3.05) is 31.6 Å². The van der Waals surface area contributed by atoms with Crippen LogP contribution >= 0.6 is 0 Å². The number of hydrogen-bond donors (Lipinski definition) is 0. The minimum atomic E-state index is 0.257. The largest absolute Gasteiger partial charge is 0.341 e. The molecule has 0 aliphatic carbocycles. The lowest BCUT2D eigenvalue weighted by Crippen LogP contribution is -2.34. The minimum absolute atomic E-state index is 0.257. The van der Waals surface area contributed by atoms with Crippen LogP contribution in [0.15, 0.2) is 0 Å². The van der Waals surface area contributed by atoms with Gasteiger partial charge < -0.3 is 9.80 Å². The van der Waals surface area contributed by atoms with Crippen LogP contribution in [0.2, 0.25) is 0 Å². The van der Waals surface area contributed by atoms with Gasteiger partial charge in [0.2, 0.25) is 11.9 Å². The molecule has 0 radical (unpaired) electrons. The van der Waals surface area contributed by atoms with E-state index in [0.29, 0.717) is 12.4 Å². The average Bonchev–Trinajstić information content (AvgIpc) is 2.89. The van der Waals surface area contributed by atoms with Gasteiger partial charge in [0.25, 0.3) is 0 Å². The zero-order chi connectivity index (χ0) is 14.5. The van der Waals surface area contributed by atoms with Gasteiger partial charge in [-0.2, -0.15) is 5.10 Å². The molecule has 1 aliphatic heterocycles. The third-order valence-corrected chi connectivity index (χ3v) is 3.72. The highest BCUT2D eigenvalue weighted by atomic mass is 16.2. The lowest BCUT2D eigenvalue weighted by molar-refractivity contribution is -0.127. The van der Waals surface area contributed by atoms with Gasteiger partial charge in [-0.3, -0.25) is 4.79 Å². The van der Waals surface area contributed by atoms with Gasteiger partial charge in [0.05, 0.1) is 11.4 Å². The second kappa shape index (κ2) is 6.63. The van der Waals surface area contributed by atoms with E-state index in [1.165, 1.54) is 0 Å². The van der Waals surface area contributed by atoms with Crippen LogP contribution in [0.1, 0.15) is 38.1 Å². The molecule has 1 fully saturated rings. The van der Waals surface area contributed by atoms with Crippen LogP contribution in [0.5, 0.6) is 0 Å². The van der Waals surface area contributed by atoms with Crippen LogP contribution < -0.4 is 4.90 Å². The number of aryl methyl sites for hydroxylation is 2. The highest BCUT2D eigenvalue weighted by Crippen LogP contribution is 2.12. The molecule has 20 heavy (non-hydrogen) atoms. The molecule has 0 unspecified atom stereocenters. The fraction of sp³-hybridized carbons (Fsp3) is 0.714. The maximum absolute atomic E-state index is 11.6. The van der Waals surface area contributed by atoms with Crippen LogP contribution in [-0.2, 0) is 17.6 Å². The number of rotatable bonds is 6. The summed E-state index contributed by atoms with van der Waals surface area (Å²) in [6.45, 7) is 6.49. The van der Waals surface area contributed by atoms with Gasteiger partial charge >= 0.3 is 0 Å². The van der Waals surface area contributed by atoms with E-state index in [-0.39, 0.29) is 5.91 Å². The number of carbonyl (C=O) groups excluding carboxylic acids is 1. The number of likely N-dealkylation sites (N-methyl/N-ethyl adjacent to an activating group) is 1. The second-order valence-electron chi connectivity index (χ2n) is 5.12. The van der Waals surface area contributed by atoms with Gasteiger partial charge in [0.15, 0.2) is 0 Å². The van der Waals surface area contributed by atoms with Crippen molar-refractivity contribution in [1.29, 1.82) is 0 Å². The Morgan fingerprint density at radius 3 is 2.55 bits per heavy atom. The number of carbonyl (C=O) groups is 1. The number of anilines is 1. The molecule has 1 amide bonds. The Kier molecular flexibility index (Phi) is 4.87. The van der Waals surface area contributed by atoms with Gasteiger partial charge in [-0.1, -0.05) is 13.8 Å². The number of likely N-dealkylation sites (tertiary alicyclic amines) is 1. The molecule has 0 bridgehead atoms. The van der Waals surface area contributed by atoms with Gasteiger partial charge in [-0.25, -0.2) is 4.98 Å². The standard InChI is InChI=1S/C14H23N5O/c1-4-11-12(5-2)16-17-14(15-11)18(3)9-10-19-8-6-7-13(19)20/h4-10H2,1-3H3. The third kappa shape index (κ3) is 3.23. The minimum Gasteiger partial charge on any atom is -0.341 e. The highest BCUT2D eigenvalue weighted by Gasteiger charge is 2.20. The van der Waals surface area contributed by atoms with E-state index in [1.54, 1.807) is 0 Å². The van der Waals surface area contributed by atoms with E-state index in [1.807, 2.05) is 16.8 Å². The molecule has 1 aliphatic rings. The summed E-state index contributed by atoms with van der Waals surface area (Å²) in [6.07, 6.45) is 3.39. The molecule has 2 heterocycles. The van der Waals surface area contributed by atoms with Gasteiger partial charge in [0, 0.05) is 33.1 Å². The fourth-order valence-electron chi connectivity index (χ4n) is 2.40. The molecule has 1 saturated heterocycles. The zero-order valence-electron chi connectivity index (χ0n) is 12.6. The second-order valence-corrected chi connectivity index (χ2v) is 5.12. The summed E-state index contributed by atoms with van der Waals surface area (Å²) in [5.74, 6) is 0.902. The predicted molar refractivity (Wildman–Crippen MR) is 77.7 cm³/mol. The topological polar surface area (TPSA) is 62.2 Å². The SMILES string of the molecule is CCc1nnc(N(C)CCN2CCCC2=O)nc1CC. The first-order valence-electron chi connectivity index (χ1n) is 7.37. The first-order valence-corrected chi connectivity index (χ1v) is 7.37. The molecule has 0 atom stereocenters. The first kappa shape index (κ1) is 14.7. The van der Waals surface area contributed by atoms with Crippen molar-refractivity contribution in [1.82, 2.24) is 20.1 Å². The Bertz CT molecular complexity index is 477. The van der Waals surface area contributed by atoms with Crippen LogP contribution in [0.4, 0.5) is 5.95 Å². The molecule has 2 rings (SSSR count). The van der Waals surface area contributed by atoms with Crippen molar-refractivity contribution in [2.45, 2.75) is 39.5 Å². The van der Waals surface area contributed by atoms with Crippen molar-refractivity contribution in [3.63, 3.8) is 0 Å². The van der Waals surface area contributed by atoms with Crippen LogP contribution in [0, 0.1) is 0 Å². The summed E-state index contributed by atoms with van der Waals surface area (Å²) in [5.41, 5.74) is 1.99. The summed E-state index contributed by atoms with van der Waals surface area (Å²) in [6, 6.07) is 0. The lowest BCUT2D eigenvalue weighted by Gasteiger charge is -2.22. The Hall–Kier alpha value is -1.72. The molecule has 0 spiro atoms. The number of aromatic nitrogens is 3. The van der Waals surface area contributed by atoms with Crippen LogP contribution in [-0.4, -0.2) is 52.7 Å². The van der Waals surface area contributed by atoms with E-state index >= 15 is 0 Å². The molecular weight excluding hydrogens is 254 g/mol. The summed E-state index contributed by atoms with van der Waals surface area (Å²) in [7, 11) is 1.95. The summed E-state index contributed by atoms with van der Waals surface area (Å²) >= 11 is 0. The van der Waals surface area contributed by atoms with Crippen molar-refractivity contribution in [3.05, 3.63) is 11.4 Å². The number of nitrogens with zero attached hydrogens (tertiary/aromatic N) is 5. The molecule has 110 valence electrons. The van der Waals surface area contributed by atoms with Crippen molar-refractivity contribution in [2.24, 2.45) is 0 Å². The summed E-state index contributed by atoms with van der Waals surface area (Å²) < 4.78 is 0. The van der Waals surface area contributed by atoms with Crippen molar-refractivity contribution >= 4 is 11.9 Å². The summed E-state index contributed by atoms with van der Waals surface area (Å²) in [5, 5.41) is 8.43. The van der Waals surface area contributed by atoms with Crippen LogP contribution in [0.25, 0.3) is 0 Å². The van der Waals surface area contributed by atoms with E-state index in [2.05, 4.69) is 29.0 Å². The molecule has 6 nitrogen and oxygen atoms in total. The van der Waals surface area contributed by atoms with Gasteiger partial charge in [0.1, 0.15) is 0 Å². The molecule has 1 aromatic heterocycles. The monoisotopic (exact) mass is 277 g/mol. The lowest BCUT2D eigenvalue weighted by atomic mass is 10.2. The fourth-order valence-corrected chi connectivity index (χ4v) is 2.40. The van der Waals surface area contributed by atoms with Crippen molar-refractivity contribution in [3.8, 4) is 0 Å². The third-order valence-electron chi connectivity index (χ3n) is 3.72. The number of hydrogen-bond acceptors (Lipinski definition) is 5. The molecule has 0 saturated carbocycles. The Labute approximate surface area is 120 Å². The Balaban J connectivity index is 1.98. The van der Waals surface area contributed by atoms with E-state index in [9.17, 15) is 4.79 Å². The predicted octanol–water partition coefficient (Wildman–Crippen LogP) is 1.05. The average molecular weight is 277 g/mol. The maximum Gasteiger partial charge on any atom is 0.245 e. The highest BCUT2D eigenvalue weighted by molar-refractivity contribution is 5.78. The zero-order valence-corrected chi connectivity index (χ0v) is 12.6. The van der Waals surface area contributed by atoms with E-state index in [0.717, 1.165) is 50.3 Å². The van der Waals surface area contributed by atoms with Gasteiger partial charge in [-0.15, -0.1) is 5.10 Å². The van der Waals surface area contributed by atoms with E-state index < -0.39 is 0 Å². The molecule has 0 N–H and O–H groups in total. The number of amides is 1. The van der Waals surface area contributed by atoms with Crippen molar-refractivity contribution < 1.29 is 4.79 Å². The molecule has 1 aromatic rings. The van der Waals surface area contributed by atoms with Gasteiger partial charge in [-0.05, 0) is 19.3 Å². The Morgan fingerprint density at radius 2 is 1.95 bits per heavy atom. The maximum atomic E-state index is 11.6. The normalized spacial score (nSPS) is 14.9. The van der Waals surface area contributed by atoms with Crippen LogP contribution in [0.3, 0.4) is 0 Å². The molecular formula is C14H23N5O. The quantitative estimate of drug-likeness (QED) is 0.778. The Morgan fingerprint density at radius 1 is 1.20 bits per heavy atom. The molecule has 0 aromatic carbocycles. The van der Waals surface area contributed by atoms with E-state index in [4.69, 9.17) is 0 Å².